The standard InChI is InChI=1S/C15H13Cl2NO3S/c1-21-15-9-18(14-7-4-11(17)8-13(14)15)22(19,20)12-5-2-10(16)3-6-12/h2-8,15H,9H2,1H3. The summed E-state index contributed by atoms with van der Waals surface area (Å²) >= 11 is 11.8. The molecule has 22 heavy (non-hydrogen) atoms. The van der Waals surface area contributed by atoms with E-state index in [0.29, 0.717) is 15.7 Å². The van der Waals surface area contributed by atoms with Gasteiger partial charge in [-0.3, -0.25) is 4.31 Å². The van der Waals surface area contributed by atoms with Gasteiger partial charge < -0.3 is 4.74 Å². The Kier molecular flexibility index (Phi) is 4.07. The van der Waals surface area contributed by atoms with Gasteiger partial charge in [0.25, 0.3) is 10.0 Å². The lowest BCUT2D eigenvalue weighted by Gasteiger charge is -2.19. The number of sulfonamides is 1. The Balaban J connectivity index is 2.08. The van der Waals surface area contributed by atoms with Crippen molar-refractivity contribution in [3.8, 4) is 0 Å². The van der Waals surface area contributed by atoms with Gasteiger partial charge in [0.05, 0.1) is 17.1 Å². The van der Waals surface area contributed by atoms with Crippen molar-refractivity contribution in [1.29, 1.82) is 0 Å². The first-order valence-corrected chi connectivity index (χ1v) is 8.73. The molecule has 1 aliphatic heterocycles. The number of benzene rings is 2. The number of halogens is 2. The fraction of sp³-hybridized carbons (Fsp3) is 0.200. The van der Waals surface area contributed by atoms with Crippen LogP contribution in [0.25, 0.3) is 0 Å². The summed E-state index contributed by atoms with van der Waals surface area (Å²) in [6.45, 7) is 0.219. The van der Waals surface area contributed by atoms with Crippen molar-refractivity contribution in [2.75, 3.05) is 18.0 Å². The normalized spacial score (nSPS) is 17.6. The molecule has 4 nitrogen and oxygen atoms in total. The molecule has 1 unspecified atom stereocenters. The van der Waals surface area contributed by atoms with Crippen molar-refractivity contribution >= 4 is 38.9 Å². The first kappa shape index (κ1) is 15.6. The Morgan fingerprint density at radius 3 is 2.36 bits per heavy atom. The van der Waals surface area contributed by atoms with Crippen LogP contribution in [0.5, 0.6) is 0 Å². The predicted molar refractivity (Wildman–Crippen MR) is 87.2 cm³/mol. The van der Waals surface area contributed by atoms with Gasteiger partial charge in [-0.15, -0.1) is 0 Å². The zero-order valence-corrected chi connectivity index (χ0v) is 14.0. The van der Waals surface area contributed by atoms with Crippen LogP contribution in [0.3, 0.4) is 0 Å². The van der Waals surface area contributed by atoms with Crippen LogP contribution in [0, 0.1) is 0 Å². The third kappa shape index (κ3) is 2.58. The van der Waals surface area contributed by atoms with E-state index >= 15 is 0 Å². The summed E-state index contributed by atoms with van der Waals surface area (Å²) in [5.41, 5.74) is 1.36. The minimum Gasteiger partial charge on any atom is -0.375 e. The first-order valence-electron chi connectivity index (χ1n) is 6.54. The highest BCUT2D eigenvalue weighted by molar-refractivity contribution is 7.92. The predicted octanol–water partition coefficient (Wildman–Crippen LogP) is 3.89. The van der Waals surface area contributed by atoms with Gasteiger partial charge in [-0.05, 0) is 42.5 Å². The van der Waals surface area contributed by atoms with Crippen LogP contribution in [-0.4, -0.2) is 22.1 Å². The molecule has 0 N–H and O–H groups in total. The highest BCUT2D eigenvalue weighted by Crippen LogP contribution is 2.41. The van der Waals surface area contributed by atoms with Crippen LogP contribution in [0.4, 0.5) is 5.69 Å². The molecule has 1 atom stereocenters. The number of rotatable bonds is 3. The molecular weight excluding hydrogens is 345 g/mol. The van der Waals surface area contributed by atoms with E-state index in [9.17, 15) is 8.42 Å². The topological polar surface area (TPSA) is 46.6 Å². The van der Waals surface area contributed by atoms with Gasteiger partial charge in [0.15, 0.2) is 0 Å². The van der Waals surface area contributed by atoms with Gasteiger partial charge in [-0.2, -0.15) is 0 Å². The minimum absolute atomic E-state index is 0.189. The molecule has 0 amide bonds. The fourth-order valence-electron chi connectivity index (χ4n) is 2.52. The summed E-state index contributed by atoms with van der Waals surface area (Å²) < 4.78 is 32.4. The summed E-state index contributed by atoms with van der Waals surface area (Å²) in [6, 6.07) is 11.2. The molecule has 1 heterocycles. The van der Waals surface area contributed by atoms with Crippen LogP contribution in [0.15, 0.2) is 47.4 Å². The quantitative estimate of drug-likeness (QED) is 0.836. The molecule has 2 aromatic carbocycles. The van der Waals surface area contributed by atoms with Gasteiger partial charge in [-0.1, -0.05) is 23.2 Å². The largest absolute Gasteiger partial charge is 0.375 e. The Morgan fingerprint density at radius 1 is 1.09 bits per heavy atom. The maximum absolute atomic E-state index is 12.8. The fourth-order valence-corrected chi connectivity index (χ4v) is 4.32. The Labute approximate surface area is 139 Å². The molecule has 0 spiro atoms. The molecule has 0 radical (unpaired) electrons. The summed E-state index contributed by atoms with van der Waals surface area (Å²) in [6.07, 6.45) is -0.337. The van der Waals surface area contributed by atoms with E-state index in [0.717, 1.165) is 5.56 Å². The molecule has 1 aliphatic rings. The van der Waals surface area contributed by atoms with Crippen LogP contribution < -0.4 is 4.31 Å². The SMILES string of the molecule is COC1CN(S(=O)(=O)c2ccc(Cl)cc2)c2ccc(Cl)cc21. The van der Waals surface area contributed by atoms with Gasteiger partial charge in [0.1, 0.15) is 6.10 Å². The molecule has 0 saturated heterocycles. The number of hydrogen-bond acceptors (Lipinski definition) is 3. The molecule has 116 valence electrons. The average molecular weight is 358 g/mol. The van der Waals surface area contributed by atoms with Crippen molar-refractivity contribution in [3.05, 3.63) is 58.1 Å². The summed E-state index contributed by atoms with van der Waals surface area (Å²) in [5.74, 6) is 0. The molecule has 0 aliphatic carbocycles. The molecule has 7 heteroatoms. The van der Waals surface area contributed by atoms with E-state index in [1.165, 1.54) is 16.4 Å². The number of ether oxygens (including phenoxy) is 1. The maximum atomic E-state index is 12.8. The second-order valence-corrected chi connectivity index (χ2v) is 7.65. The Bertz CT molecular complexity index is 806. The van der Waals surface area contributed by atoms with Crippen molar-refractivity contribution in [2.45, 2.75) is 11.0 Å². The van der Waals surface area contributed by atoms with Crippen LogP contribution in [0.2, 0.25) is 10.0 Å². The van der Waals surface area contributed by atoms with Crippen molar-refractivity contribution in [2.24, 2.45) is 0 Å². The monoisotopic (exact) mass is 357 g/mol. The third-order valence-corrected chi connectivity index (χ3v) is 5.90. The van der Waals surface area contributed by atoms with E-state index in [-0.39, 0.29) is 17.5 Å². The molecular formula is C15H13Cl2NO3S. The van der Waals surface area contributed by atoms with Crippen molar-refractivity contribution < 1.29 is 13.2 Å². The molecule has 0 bridgehead atoms. The average Bonchev–Trinajstić information content (AvgIpc) is 2.86. The smallest absolute Gasteiger partial charge is 0.264 e. The Morgan fingerprint density at radius 2 is 1.73 bits per heavy atom. The van der Waals surface area contributed by atoms with Gasteiger partial charge in [0.2, 0.25) is 0 Å². The molecule has 2 aromatic rings. The zero-order chi connectivity index (χ0) is 15.9. The van der Waals surface area contributed by atoms with Crippen LogP contribution >= 0.6 is 23.2 Å². The van der Waals surface area contributed by atoms with E-state index < -0.39 is 10.0 Å². The number of fused-ring (bicyclic) bond motifs is 1. The van der Waals surface area contributed by atoms with Crippen LogP contribution in [0.1, 0.15) is 11.7 Å². The zero-order valence-electron chi connectivity index (χ0n) is 11.7. The third-order valence-electron chi connectivity index (χ3n) is 3.62. The number of anilines is 1. The number of hydrogen-bond donors (Lipinski definition) is 0. The van der Waals surface area contributed by atoms with E-state index in [1.807, 2.05) is 0 Å². The minimum atomic E-state index is -3.67. The van der Waals surface area contributed by atoms with E-state index in [4.69, 9.17) is 27.9 Å². The highest BCUT2D eigenvalue weighted by atomic mass is 35.5. The summed E-state index contributed by atoms with van der Waals surface area (Å²) in [4.78, 5) is 0.189. The number of methoxy groups -OCH3 is 1. The maximum Gasteiger partial charge on any atom is 0.264 e. The summed E-state index contributed by atoms with van der Waals surface area (Å²) in [7, 11) is -2.12. The lowest BCUT2D eigenvalue weighted by atomic mass is 10.1. The number of nitrogens with zero attached hydrogens (tertiary/aromatic N) is 1. The molecule has 0 aromatic heterocycles. The second-order valence-electron chi connectivity index (χ2n) is 4.92. The van der Waals surface area contributed by atoms with E-state index in [1.54, 1.807) is 37.4 Å². The van der Waals surface area contributed by atoms with Crippen molar-refractivity contribution in [3.63, 3.8) is 0 Å². The second kappa shape index (κ2) is 5.74. The molecule has 0 saturated carbocycles. The van der Waals surface area contributed by atoms with Crippen molar-refractivity contribution in [1.82, 2.24) is 0 Å². The van der Waals surface area contributed by atoms with Gasteiger partial charge >= 0.3 is 0 Å². The molecule has 3 rings (SSSR count). The first-order chi connectivity index (χ1) is 10.4. The molecule has 0 fully saturated rings. The highest BCUT2D eigenvalue weighted by Gasteiger charge is 2.36. The van der Waals surface area contributed by atoms with E-state index in [2.05, 4.69) is 0 Å². The lowest BCUT2D eigenvalue weighted by molar-refractivity contribution is 0.118. The lowest BCUT2D eigenvalue weighted by Crippen LogP contribution is -2.30. The van der Waals surface area contributed by atoms with Gasteiger partial charge in [-0.25, -0.2) is 8.42 Å². The van der Waals surface area contributed by atoms with Gasteiger partial charge in [0, 0.05) is 22.7 Å². The summed E-state index contributed by atoms with van der Waals surface area (Å²) in [5, 5.41) is 1.04. The van der Waals surface area contributed by atoms with Crippen LogP contribution in [-0.2, 0) is 14.8 Å². The Hall–Kier alpha value is -1.27.